The first-order valence-electron chi connectivity index (χ1n) is 9.67. The number of hydrogen-bond donors (Lipinski definition) is 2. The third-order valence-electron chi connectivity index (χ3n) is 4.33. The third-order valence-corrected chi connectivity index (χ3v) is 9.91. The van der Waals surface area contributed by atoms with E-state index >= 15 is 0 Å². The van der Waals surface area contributed by atoms with Crippen LogP contribution in [0.2, 0.25) is 0 Å². The molecule has 0 aliphatic heterocycles. The van der Waals surface area contributed by atoms with Gasteiger partial charge in [0.05, 0.1) is 4.08 Å². The van der Waals surface area contributed by atoms with Crippen LogP contribution < -0.4 is 5.73 Å². The lowest BCUT2D eigenvalue weighted by Crippen LogP contribution is -2.37. The van der Waals surface area contributed by atoms with Crippen molar-refractivity contribution >= 4 is 44.0 Å². The van der Waals surface area contributed by atoms with E-state index in [0.717, 1.165) is 22.4 Å². The van der Waals surface area contributed by atoms with Crippen LogP contribution in [0.15, 0.2) is 70.5 Å². The minimum atomic E-state index is -0.826. The summed E-state index contributed by atoms with van der Waals surface area (Å²) in [6, 6.07) is 20.0. The number of carbonyl (C=O) groups is 2. The van der Waals surface area contributed by atoms with Crippen molar-refractivity contribution in [3.8, 4) is 0 Å². The molecule has 0 aliphatic carbocycles. The van der Waals surface area contributed by atoms with Gasteiger partial charge < -0.3 is 10.8 Å². The highest BCUT2D eigenvalue weighted by molar-refractivity contribution is 8.18. The molecule has 0 heterocycles. The largest absolute Gasteiger partial charge is 0.481 e. The third kappa shape index (κ3) is 8.04. The molecule has 3 N–H and O–H groups in total. The van der Waals surface area contributed by atoms with E-state index in [4.69, 9.17) is 5.73 Å². The van der Waals surface area contributed by atoms with E-state index in [1.165, 1.54) is 0 Å². The van der Waals surface area contributed by atoms with Crippen LogP contribution in [0.3, 0.4) is 0 Å². The van der Waals surface area contributed by atoms with Crippen molar-refractivity contribution in [3.05, 3.63) is 60.7 Å². The Labute approximate surface area is 183 Å². The van der Waals surface area contributed by atoms with Gasteiger partial charge >= 0.3 is 5.97 Å². The maximum atomic E-state index is 12.0. The van der Waals surface area contributed by atoms with E-state index < -0.39 is 10.0 Å². The second kappa shape index (κ2) is 12.3. The Hall–Kier alpha value is -1.49. The Morgan fingerprint density at radius 3 is 1.97 bits per heavy atom. The SMILES string of the molecule is CCCPC(CC(N)=O)C(CCC(=O)O)(Sc1ccccc1)Sc1ccccc1. The van der Waals surface area contributed by atoms with Crippen molar-refractivity contribution in [2.45, 2.75) is 52.1 Å². The van der Waals surface area contributed by atoms with Crippen molar-refractivity contribution in [1.29, 1.82) is 0 Å². The van der Waals surface area contributed by atoms with Gasteiger partial charge in [0.2, 0.25) is 5.91 Å². The molecule has 29 heavy (non-hydrogen) atoms. The summed E-state index contributed by atoms with van der Waals surface area (Å²) in [5.41, 5.74) is 5.63. The summed E-state index contributed by atoms with van der Waals surface area (Å²) in [6.45, 7) is 2.13. The number of aliphatic carboxylic acids is 1. The highest BCUT2D eigenvalue weighted by atomic mass is 32.2. The van der Waals surface area contributed by atoms with Crippen LogP contribution in [0.25, 0.3) is 0 Å². The quantitative estimate of drug-likeness (QED) is 0.241. The fourth-order valence-electron chi connectivity index (χ4n) is 3.00. The van der Waals surface area contributed by atoms with E-state index in [1.54, 1.807) is 23.5 Å². The Morgan fingerprint density at radius 1 is 1.03 bits per heavy atom. The van der Waals surface area contributed by atoms with Gasteiger partial charge in [-0.3, -0.25) is 9.59 Å². The van der Waals surface area contributed by atoms with Crippen molar-refractivity contribution in [2.24, 2.45) is 5.73 Å². The van der Waals surface area contributed by atoms with E-state index in [0.29, 0.717) is 15.0 Å². The molecule has 0 saturated heterocycles. The van der Waals surface area contributed by atoms with Gasteiger partial charge in [0.25, 0.3) is 0 Å². The summed E-state index contributed by atoms with van der Waals surface area (Å²) in [7, 11) is 0.539. The van der Waals surface area contributed by atoms with Gasteiger partial charge in [0, 0.05) is 28.3 Å². The second-order valence-electron chi connectivity index (χ2n) is 6.71. The zero-order valence-corrected chi connectivity index (χ0v) is 19.2. The fraction of sp³-hybridized carbons (Fsp3) is 0.364. The second-order valence-corrected chi connectivity index (χ2v) is 11.4. The lowest BCUT2D eigenvalue weighted by atomic mass is 10.1. The van der Waals surface area contributed by atoms with Gasteiger partial charge in [0.15, 0.2) is 0 Å². The standard InChI is InChI=1S/C22H28NO3PS2/c1-2-15-27-19(16-20(23)24)22(14-13-21(25)26,28-17-9-5-3-6-10-17)29-18-11-7-4-8-12-18/h3-12,19,27H,2,13-16H2,1H3,(H2,23,24)(H,25,26). The van der Waals surface area contributed by atoms with Gasteiger partial charge in [0.1, 0.15) is 0 Å². The number of thioether (sulfide) groups is 2. The topological polar surface area (TPSA) is 80.4 Å². The summed E-state index contributed by atoms with van der Waals surface area (Å²) in [4.78, 5) is 25.6. The van der Waals surface area contributed by atoms with E-state index in [1.807, 2.05) is 60.7 Å². The average molecular weight is 450 g/mol. The number of primary amides is 1. The summed E-state index contributed by atoms with van der Waals surface area (Å²) >= 11 is 3.34. The Balaban J connectivity index is 2.50. The molecular formula is C22H28NO3PS2. The van der Waals surface area contributed by atoms with Crippen molar-refractivity contribution < 1.29 is 14.7 Å². The molecule has 0 fully saturated rings. The molecule has 7 heteroatoms. The molecule has 1 amide bonds. The number of carboxylic acids is 1. The van der Waals surface area contributed by atoms with Crippen molar-refractivity contribution in [2.75, 3.05) is 6.16 Å². The smallest absolute Gasteiger partial charge is 0.303 e. The number of amides is 1. The summed E-state index contributed by atoms with van der Waals surface area (Å²) in [6.07, 6.45) is 2.78. The van der Waals surface area contributed by atoms with Gasteiger partial charge in [-0.15, -0.1) is 32.1 Å². The van der Waals surface area contributed by atoms with Crippen LogP contribution in [-0.4, -0.2) is 32.9 Å². The molecule has 156 valence electrons. The van der Waals surface area contributed by atoms with Crippen LogP contribution >= 0.6 is 32.1 Å². The summed E-state index contributed by atoms with van der Waals surface area (Å²) in [5.74, 6) is -1.16. The zero-order valence-electron chi connectivity index (χ0n) is 16.5. The molecule has 4 nitrogen and oxygen atoms in total. The van der Waals surface area contributed by atoms with E-state index in [-0.39, 0.29) is 24.4 Å². The lowest BCUT2D eigenvalue weighted by molar-refractivity contribution is -0.137. The lowest BCUT2D eigenvalue weighted by Gasteiger charge is -2.39. The van der Waals surface area contributed by atoms with Crippen LogP contribution in [0, 0.1) is 0 Å². The molecule has 2 aromatic carbocycles. The highest BCUT2D eigenvalue weighted by Gasteiger charge is 2.42. The van der Waals surface area contributed by atoms with E-state index in [2.05, 4.69) is 6.92 Å². The number of carboxylic acid groups (broad SMARTS) is 1. The predicted molar refractivity (Wildman–Crippen MR) is 125 cm³/mol. The fourth-order valence-corrected chi connectivity index (χ4v) is 8.28. The van der Waals surface area contributed by atoms with Gasteiger partial charge in [-0.25, -0.2) is 0 Å². The number of benzene rings is 2. The molecule has 2 rings (SSSR count). The molecular weight excluding hydrogens is 421 g/mol. The summed E-state index contributed by atoms with van der Waals surface area (Å²) in [5, 5.41) is 9.44. The number of nitrogens with two attached hydrogens (primary N) is 1. The molecule has 0 spiro atoms. The predicted octanol–water partition coefficient (Wildman–Crippen LogP) is 5.46. The minimum Gasteiger partial charge on any atom is -0.481 e. The van der Waals surface area contributed by atoms with Gasteiger partial charge in [-0.2, -0.15) is 0 Å². The monoisotopic (exact) mass is 449 g/mol. The van der Waals surface area contributed by atoms with Crippen LogP contribution in [0.1, 0.15) is 32.6 Å². The Kier molecular flexibility index (Phi) is 10.1. The average Bonchev–Trinajstić information content (AvgIpc) is 2.70. The zero-order chi connectivity index (χ0) is 21.1. The Morgan fingerprint density at radius 2 is 1.55 bits per heavy atom. The molecule has 0 radical (unpaired) electrons. The number of hydrogen-bond acceptors (Lipinski definition) is 4. The number of carbonyl (C=O) groups excluding carboxylic acids is 1. The molecule has 0 saturated carbocycles. The maximum Gasteiger partial charge on any atom is 0.303 e. The van der Waals surface area contributed by atoms with Crippen LogP contribution in [0.4, 0.5) is 0 Å². The molecule has 0 aliphatic rings. The van der Waals surface area contributed by atoms with Crippen LogP contribution in [-0.2, 0) is 9.59 Å². The molecule has 2 atom stereocenters. The van der Waals surface area contributed by atoms with Crippen LogP contribution in [0.5, 0.6) is 0 Å². The molecule has 2 aromatic rings. The van der Waals surface area contributed by atoms with Gasteiger partial charge in [-0.1, -0.05) is 49.7 Å². The minimum absolute atomic E-state index is 0.00490. The van der Waals surface area contributed by atoms with Crippen molar-refractivity contribution in [1.82, 2.24) is 0 Å². The first-order valence-corrected chi connectivity index (χ1v) is 12.6. The highest BCUT2D eigenvalue weighted by Crippen LogP contribution is 2.56. The van der Waals surface area contributed by atoms with E-state index in [9.17, 15) is 14.7 Å². The van der Waals surface area contributed by atoms with Crippen molar-refractivity contribution in [3.63, 3.8) is 0 Å². The summed E-state index contributed by atoms with van der Waals surface area (Å²) < 4.78 is -0.496. The normalized spacial score (nSPS) is 12.9. The maximum absolute atomic E-state index is 12.0. The molecule has 0 bridgehead atoms. The first kappa shape index (κ1) is 23.8. The molecule has 0 aromatic heterocycles. The number of rotatable bonds is 13. The Bertz CT molecular complexity index is 733. The first-order chi connectivity index (χ1) is 13.9. The van der Waals surface area contributed by atoms with Gasteiger partial charge in [-0.05, 0) is 36.8 Å². The molecule has 2 unspecified atom stereocenters.